The molecule has 2 aromatic rings. The van der Waals surface area contributed by atoms with Crippen molar-refractivity contribution in [2.45, 2.75) is 39.7 Å². The summed E-state index contributed by atoms with van der Waals surface area (Å²) in [5, 5.41) is 7.62. The number of aryl methyl sites for hydroxylation is 2. The van der Waals surface area contributed by atoms with Gasteiger partial charge in [0.15, 0.2) is 0 Å². The molecule has 0 aliphatic carbocycles. The van der Waals surface area contributed by atoms with Gasteiger partial charge in [0.05, 0.1) is 16.6 Å². The number of nitrogens with one attached hydrogen (secondary N) is 1. The molecular formula is C15H20FN3S. The Morgan fingerprint density at radius 2 is 2.15 bits per heavy atom. The zero-order valence-corrected chi connectivity index (χ0v) is 12.9. The maximum Gasteiger partial charge on any atom is 0.126 e. The standard InChI is InChI=1S/C15H20FN3S/c1-4-6-13-15(20-19-18-13)14(17-5-2)11-8-7-10(3)12(16)9-11/h7-9,14,17H,4-6H2,1-3H3. The highest BCUT2D eigenvalue weighted by Gasteiger charge is 2.20. The van der Waals surface area contributed by atoms with Crippen LogP contribution in [0.5, 0.6) is 0 Å². The fourth-order valence-corrected chi connectivity index (χ4v) is 3.00. The largest absolute Gasteiger partial charge is 0.306 e. The van der Waals surface area contributed by atoms with Crippen LogP contribution in [0.4, 0.5) is 4.39 Å². The average molecular weight is 293 g/mol. The van der Waals surface area contributed by atoms with Crippen molar-refractivity contribution in [1.29, 1.82) is 0 Å². The summed E-state index contributed by atoms with van der Waals surface area (Å²) in [4.78, 5) is 1.09. The Morgan fingerprint density at radius 3 is 2.80 bits per heavy atom. The molecule has 1 N–H and O–H groups in total. The molecule has 1 aromatic carbocycles. The van der Waals surface area contributed by atoms with Crippen LogP contribution in [-0.2, 0) is 6.42 Å². The maximum absolute atomic E-state index is 13.8. The van der Waals surface area contributed by atoms with Crippen LogP contribution in [0, 0.1) is 12.7 Å². The Labute approximate surface area is 123 Å². The summed E-state index contributed by atoms with van der Waals surface area (Å²) in [6, 6.07) is 5.37. The third-order valence-corrected chi connectivity index (χ3v) is 4.10. The normalized spacial score (nSPS) is 12.6. The van der Waals surface area contributed by atoms with E-state index in [1.54, 1.807) is 13.0 Å². The molecule has 2 rings (SSSR count). The van der Waals surface area contributed by atoms with Gasteiger partial charge in [0.25, 0.3) is 0 Å². The molecule has 0 radical (unpaired) electrons. The number of rotatable bonds is 6. The number of halogens is 1. The van der Waals surface area contributed by atoms with Gasteiger partial charge in [-0.1, -0.05) is 36.9 Å². The van der Waals surface area contributed by atoms with E-state index >= 15 is 0 Å². The first-order valence-corrected chi connectivity index (χ1v) is 7.75. The van der Waals surface area contributed by atoms with Crippen LogP contribution in [0.15, 0.2) is 18.2 Å². The molecule has 0 saturated heterocycles. The van der Waals surface area contributed by atoms with E-state index in [1.165, 1.54) is 11.5 Å². The minimum atomic E-state index is -0.167. The minimum absolute atomic E-state index is 0.0309. The quantitative estimate of drug-likeness (QED) is 0.883. The van der Waals surface area contributed by atoms with E-state index in [9.17, 15) is 4.39 Å². The summed E-state index contributed by atoms with van der Waals surface area (Å²) in [7, 11) is 0. The molecule has 1 heterocycles. The lowest BCUT2D eigenvalue weighted by Crippen LogP contribution is -2.22. The van der Waals surface area contributed by atoms with Crippen LogP contribution < -0.4 is 5.32 Å². The number of hydrogen-bond acceptors (Lipinski definition) is 4. The van der Waals surface area contributed by atoms with E-state index in [0.717, 1.165) is 35.5 Å². The van der Waals surface area contributed by atoms with E-state index in [4.69, 9.17) is 0 Å². The van der Waals surface area contributed by atoms with Gasteiger partial charge in [-0.25, -0.2) is 4.39 Å². The molecule has 20 heavy (non-hydrogen) atoms. The highest BCUT2D eigenvalue weighted by Crippen LogP contribution is 2.28. The summed E-state index contributed by atoms with van der Waals surface area (Å²) >= 11 is 1.40. The molecular weight excluding hydrogens is 273 g/mol. The summed E-state index contributed by atoms with van der Waals surface area (Å²) in [5.74, 6) is -0.167. The van der Waals surface area contributed by atoms with Gasteiger partial charge < -0.3 is 5.32 Å². The predicted molar refractivity (Wildman–Crippen MR) is 80.6 cm³/mol. The van der Waals surface area contributed by atoms with Gasteiger partial charge in [-0.3, -0.25) is 0 Å². The van der Waals surface area contributed by atoms with Crippen molar-refractivity contribution in [2.75, 3.05) is 6.54 Å². The van der Waals surface area contributed by atoms with Crippen LogP contribution in [0.1, 0.15) is 48.0 Å². The molecule has 0 aliphatic heterocycles. The lowest BCUT2D eigenvalue weighted by Gasteiger charge is -2.18. The second-order valence-corrected chi connectivity index (χ2v) is 5.62. The summed E-state index contributed by atoms with van der Waals surface area (Å²) in [6.45, 7) is 6.75. The van der Waals surface area contributed by atoms with E-state index in [0.29, 0.717) is 5.56 Å². The highest BCUT2D eigenvalue weighted by molar-refractivity contribution is 7.05. The van der Waals surface area contributed by atoms with Crippen LogP contribution in [0.25, 0.3) is 0 Å². The van der Waals surface area contributed by atoms with Gasteiger partial charge >= 0.3 is 0 Å². The molecule has 1 atom stereocenters. The van der Waals surface area contributed by atoms with Crippen LogP contribution in [0.3, 0.4) is 0 Å². The van der Waals surface area contributed by atoms with Crippen LogP contribution in [0.2, 0.25) is 0 Å². The van der Waals surface area contributed by atoms with Gasteiger partial charge in [0.1, 0.15) is 5.82 Å². The van der Waals surface area contributed by atoms with E-state index in [-0.39, 0.29) is 11.9 Å². The molecule has 3 nitrogen and oxygen atoms in total. The summed E-state index contributed by atoms with van der Waals surface area (Å²) in [5.41, 5.74) is 2.61. The lowest BCUT2D eigenvalue weighted by molar-refractivity contribution is 0.597. The van der Waals surface area contributed by atoms with Crippen molar-refractivity contribution >= 4 is 11.5 Å². The number of hydrogen-bond donors (Lipinski definition) is 1. The Hall–Kier alpha value is -1.33. The van der Waals surface area contributed by atoms with Crippen molar-refractivity contribution in [2.24, 2.45) is 0 Å². The van der Waals surface area contributed by atoms with Crippen molar-refractivity contribution in [3.63, 3.8) is 0 Å². The minimum Gasteiger partial charge on any atom is -0.306 e. The van der Waals surface area contributed by atoms with E-state index in [2.05, 4.69) is 21.8 Å². The summed E-state index contributed by atoms with van der Waals surface area (Å²) in [6.07, 6.45) is 1.93. The highest BCUT2D eigenvalue weighted by atomic mass is 32.1. The molecule has 0 spiro atoms. The molecule has 0 fully saturated rings. The van der Waals surface area contributed by atoms with Gasteiger partial charge in [0, 0.05) is 0 Å². The zero-order chi connectivity index (χ0) is 14.5. The maximum atomic E-state index is 13.8. The van der Waals surface area contributed by atoms with E-state index < -0.39 is 0 Å². The lowest BCUT2D eigenvalue weighted by atomic mass is 10.0. The van der Waals surface area contributed by atoms with Crippen LogP contribution >= 0.6 is 11.5 Å². The van der Waals surface area contributed by atoms with Gasteiger partial charge in [-0.2, -0.15) is 0 Å². The SMILES string of the molecule is CCCc1nnsc1C(NCC)c1ccc(C)c(F)c1. The Kier molecular flexibility index (Phi) is 5.20. The fourth-order valence-electron chi connectivity index (χ4n) is 2.20. The number of nitrogens with zero attached hydrogens (tertiary/aromatic N) is 2. The van der Waals surface area contributed by atoms with Crippen molar-refractivity contribution in [1.82, 2.24) is 14.9 Å². The van der Waals surface area contributed by atoms with Crippen LogP contribution in [-0.4, -0.2) is 16.1 Å². The fraction of sp³-hybridized carbons (Fsp3) is 0.467. The first kappa shape index (κ1) is 15.1. The number of benzene rings is 1. The molecule has 0 aliphatic rings. The first-order valence-electron chi connectivity index (χ1n) is 6.97. The smallest absolute Gasteiger partial charge is 0.126 e. The molecule has 0 amide bonds. The molecule has 108 valence electrons. The average Bonchev–Trinajstić information content (AvgIpc) is 2.88. The second kappa shape index (κ2) is 6.90. The third-order valence-electron chi connectivity index (χ3n) is 3.27. The molecule has 1 unspecified atom stereocenters. The Balaban J connectivity index is 2.39. The molecule has 0 bridgehead atoms. The van der Waals surface area contributed by atoms with Crippen molar-refractivity contribution in [3.8, 4) is 0 Å². The Bertz CT molecular complexity index is 568. The van der Waals surface area contributed by atoms with Gasteiger partial charge in [-0.05, 0) is 48.6 Å². The van der Waals surface area contributed by atoms with Crippen molar-refractivity contribution < 1.29 is 4.39 Å². The van der Waals surface area contributed by atoms with Gasteiger partial charge in [-0.15, -0.1) is 5.10 Å². The van der Waals surface area contributed by atoms with Crippen molar-refractivity contribution in [3.05, 3.63) is 45.7 Å². The number of aromatic nitrogens is 2. The summed E-state index contributed by atoms with van der Waals surface area (Å²) < 4.78 is 17.9. The van der Waals surface area contributed by atoms with E-state index in [1.807, 2.05) is 19.1 Å². The zero-order valence-electron chi connectivity index (χ0n) is 12.1. The monoisotopic (exact) mass is 293 g/mol. The Morgan fingerprint density at radius 1 is 1.35 bits per heavy atom. The topological polar surface area (TPSA) is 37.8 Å². The van der Waals surface area contributed by atoms with Gasteiger partial charge in [0.2, 0.25) is 0 Å². The molecule has 1 aromatic heterocycles. The second-order valence-electron chi connectivity index (χ2n) is 4.83. The first-order chi connectivity index (χ1) is 9.67. The molecule has 0 saturated carbocycles. The molecule has 5 heteroatoms. The third kappa shape index (κ3) is 3.22. The predicted octanol–water partition coefficient (Wildman–Crippen LogP) is 3.64.